The van der Waals surface area contributed by atoms with Gasteiger partial charge in [0.1, 0.15) is 18.0 Å². The monoisotopic (exact) mass is 506 g/mol. The van der Waals surface area contributed by atoms with Crippen molar-refractivity contribution in [1.82, 2.24) is 19.8 Å². The van der Waals surface area contributed by atoms with Crippen LogP contribution in [0.4, 0.5) is 21.6 Å². The van der Waals surface area contributed by atoms with E-state index < -0.39 is 5.82 Å². The Morgan fingerprint density at radius 1 is 1.19 bits per heavy atom. The third kappa shape index (κ3) is 5.82. The van der Waals surface area contributed by atoms with E-state index in [1.807, 2.05) is 6.07 Å². The zero-order valence-corrected chi connectivity index (χ0v) is 21.3. The van der Waals surface area contributed by atoms with Gasteiger partial charge in [-0.3, -0.25) is 9.69 Å². The molecule has 0 atom stereocenters. The van der Waals surface area contributed by atoms with Gasteiger partial charge in [0, 0.05) is 42.8 Å². The van der Waals surface area contributed by atoms with E-state index in [2.05, 4.69) is 69.7 Å². The van der Waals surface area contributed by atoms with Crippen molar-refractivity contribution < 1.29 is 9.18 Å². The molecule has 0 spiro atoms. The maximum absolute atomic E-state index is 13.6. The topological polar surface area (TPSA) is 73.4 Å². The van der Waals surface area contributed by atoms with Crippen molar-refractivity contribution in [2.45, 2.75) is 19.4 Å². The Hall–Kier alpha value is -3.51. The smallest absolute Gasteiger partial charge is 0.247 e. The number of halogens is 2. The number of fused-ring (bicyclic) bond motifs is 1. The molecule has 1 aromatic heterocycles. The maximum Gasteiger partial charge on any atom is 0.247 e. The lowest BCUT2D eigenvalue weighted by Crippen LogP contribution is -2.53. The fourth-order valence-electron chi connectivity index (χ4n) is 3.97. The molecule has 2 N–H and O–H groups in total. The van der Waals surface area contributed by atoms with Crippen LogP contribution in [0.2, 0.25) is 5.02 Å². The fraction of sp³-hybridized carbons (Fsp3) is 0.296. The maximum atomic E-state index is 13.6. The first-order valence-electron chi connectivity index (χ1n) is 11.6. The SMILES string of the molecule is C=CC(=O)Nc1cc2ncnc(Nc3ccc(F)c(Cl)c3)c2cc1C#CC(C)(C)N1CCN(C)CC1. The number of piperazine rings is 1. The Kier molecular flexibility index (Phi) is 7.55. The van der Waals surface area contributed by atoms with Gasteiger partial charge in [-0.05, 0) is 57.3 Å². The number of amides is 1. The number of nitrogens with zero attached hydrogens (tertiary/aromatic N) is 4. The largest absolute Gasteiger partial charge is 0.340 e. The molecule has 186 valence electrons. The van der Waals surface area contributed by atoms with Crippen LogP contribution in [-0.4, -0.2) is 64.4 Å². The van der Waals surface area contributed by atoms with Crippen LogP contribution >= 0.6 is 11.6 Å². The van der Waals surface area contributed by atoms with E-state index in [-0.39, 0.29) is 16.5 Å². The minimum atomic E-state index is -0.502. The molecule has 36 heavy (non-hydrogen) atoms. The minimum absolute atomic E-state index is 0.00507. The molecule has 0 bridgehead atoms. The number of aromatic nitrogens is 2. The van der Waals surface area contributed by atoms with Gasteiger partial charge in [-0.2, -0.15) is 0 Å². The third-order valence-electron chi connectivity index (χ3n) is 6.20. The molecule has 2 heterocycles. The van der Waals surface area contributed by atoms with Crippen LogP contribution in [0.1, 0.15) is 19.4 Å². The second kappa shape index (κ2) is 10.6. The Balaban J connectivity index is 1.75. The van der Waals surface area contributed by atoms with Crippen LogP contribution in [0.5, 0.6) is 0 Å². The van der Waals surface area contributed by atoms with E-state index in [0.29, 0.717) is 33.7 Å². The van der Waals surface area contributed by atoms with Gasteiger partial charge in [0.05, 0.1) is 21.8 Å². The highest BCUT2D eigenvalue weighted by Gasteiger charge is 2.27. The highest BCUT2D eigenvalue weighted by atomic mass is 35.5. The summed E-state index contributed by atoms with van der Waals surface area (Å²) in [5.41, 5.74) is 1.96. The molecule has 1 aliphatic rings. The summed E-state index contributed by atoms with van der Waals surface area (Å²) in [5.74, 6) is 6.34. The predicted octanol–water partition coefficient (Wildman–Crippen LogP) is 4.67. The molecule has 1 fully saturated rings. The number of hydrogen-bond donors (Lipinski definition) is 2. The molecule has 1 aliphatic heterocycles. The molecule has 4 rings (SSSR count). The summed E-state index contributed by atoms with van der Waals surface area (Å²) in [6, 6.07) is 7.95. The van der Waals surface area contributed by atoms with Crippen molar-refractivity contribution in [1.29, 1.82) is 0 Å². The third-order valence-corrected chi connectivity index (χ3v) is 6.49. The zero-order valence-electron chi connectivity index (χ0n) is 20.5. The van der Waals surface area contributed by atoms with Gasteiger partial charge < -0.3 is 15.5 Å². The average molecular weight is 507 g/mol. The number of likely N-dealkylation sites (N-methyl/N-ethyl adjacent to an activating group) is 1. The molecule has 0 radical (unpaired) electrons. The van der Waals surface area contributed by atoms with Gasteiger partial charge in [-0.1, -0.05) is 30.0 Å². The number of carbonyl (C=O) groups excluding carboxylic acids is 1. The summed E-state index contributed by atoms with van der Waals surface area (Å²) in [4.78, 5) is 25.5. The van der Waals surface area contributed by atoms with Gasteiger partial charge in [0.15, 0.2) is 0 Å². The lowest BCUT2D eigenvalue weighted by atomic mass is 10.0. The summed E-state index contributed by atoms with van der Waals surface area (Å²) >= 11 is 5.94. The standard InChI is InChI=1S/C27H28ClFN6O/c1-5-25(36)33-23-16-24-20(26(31-17-30-24)32-19-6-7-22(29)21(28)15-19)14-18(23)8-9-27(2,3)35-12-10-34(4)11-13-35/h5-7,14-17H,1,10-13H2,2-4H3,(H,33,36)(H,30,31,32). The Labute approximate surface area is 215 Å². The normalized spacial score (nSPS) is 14.7. The van der Waals surface area contributed by atoms with E-state index in [1.54, 1.807) is 12.1 Å². The van der Waals surface area contributed by atoms with Crippen molar-refractivity contribution in [3.05, 3.63) is 65.7 Å². The summed E-state index contributed by atoms with van der Waals surface area (Å²) in [6.07, 6.45) is 2.62. The number of rotatable bonds is 5. The van der Waals surface area contributed by atoms with Crippen LogP contribution in [0, 0.1) is 17.7 Å². The van der Waals surface area contributed by atoms with Crippen molar-refractivity contribution in [2.24, 2.45) is 0 Å². The van der Waals surface area contributed by atoms with Gasteiger partial charge in [0.25, 0.3) is 0 Å². The van der Waals surface area contributed by atoms with Gasteiger partial charge in [0.2, 0.25) is 5.91 Å². The van der Waals surface area contributed by atoms with E-state index in [1.165, 1.54) is 24.5 Å². The molecule has 9 heteroatoms. The molecule has 0 unspecified atom stereocenters. The van der Waals surface area contributed by atoms with Crippen LogP contribution in [0.3, 0.4) is 0 Å². The summed E-state index contributed by atoms with van der Waals surface area (Å²) in [5, 5.41) is 6.71. The zero-order chi connectivity index (χ0) is 25.9. The van der Waals surface area contributed by atoms with Crippen LogP contribution < -0.4 is 10.6 Å². The number of carbonyl (C=O) groups is 1. The van der Waals surface area contributed by atoms with Crippen LogP contribution in [-0.2, 0) is 4.79 Å². The molecule has 0 saturated carbocycles. The van der Waals surface area contributed by atoms with E-state index in [0.717, 1.165) is 26.2 Å². The Morgan fingerprint density at radius 3 is 2.64 bits per heavy atom. The van der Waals surface area contributed by atoms with E-state index in [9.17, 15) is 9.18 Å². The first-order valence-corrected chi connectivity index (χ1v) is 11.9. The van der Waals surface area contributed by atoms with Crippen LogP contribution in [0.25, 0.3) is 10.9 Å². The van der Waals surface area contributed by atoms with Gasteiger partial charge in [-0.15, -0.1) is 0 Å². The number of anilines is 3. The first-order chi connectivity index (χ1) is 17.2. The quantitative estimate of drug-likeness (QED) is 0.387. The molecule has 2 aromatic carbocycles. The molecule has 7 nitrogen and oxygen atoms in total. The molecular formula is C27H28ClFN6O. The van der Waals surface area contributed by atoms with Crippen molar-refractivity contribution >= 4 is 45.6 Å². The molecule has 3 aromatic rings. The predicted molar refractivity (Wildman–Crippen MR) is 143 cm³/mol. The molecule has 0 aliphatic carbocycles. The van der Waals surface area contributed by atoms with Crippen molar-refractivity contribution in [3.8, 4) is 11.8 Å². The minimum Gasteiger partial charge on any atom is -0.340 e. The summed E-state index contributed by atoms with van der Waals surface area (Å²) in [6.45, 7) is 11.6. The molecule has 1 amide bonds. The first kappa shape index (κ1) is 25.6. The van der Waals surface area contributed by atoms with Crippen LogP contribution in [0.15, 0.2) is 49.3 Å². The lowest BCUT2D eigenvalue weighted by molar-refractivity contribution is -0.111. The Morgan fingerprint density at radius 2 is 1.94 bits per heavy atom. The van der Waals surface area contributed by atoms with E-state index >= 15 is 0 Å². The molecular weight excluding hydrogens is 479 g/mol. The van der Waals surface area contributed by atoms with Gasteiger partial charge >= 0.3 is 0 Å². The summed E-state index contributed by atoms with van der Waals surface area (Å²) in [7, 11) is 2.12. The lowest BCUT2D eigenvalue weighted by Gasteiger charge is -2.40. The van der Waals surface area contributed by atoms with Crippen molar-refractivity contribution in [3.63, 3.8) is 0 Å². The average Bonchev–Trinajstić information content (AvgIpc) is 2.85. The molecule has 1 saturated heterocycles. The second-order valence-electron chi connectivity index (χ2n) is 9.18. The van der Waals surface area contributed by atoms with Gasteiger partial charge in [-0.25, -0.2) is 14.4 Å². The number of benzene rings is 2. The highest BCUT2D eigenvalue weighted by molar-refractivity contribution is 6.31. The number of hydrogen-bond acceptors (Lipinski definition) is 6. The van der Waals surface area contributed by atoms with E-state index in [4.69, 9.17) is 11.6 Å². The number of nitrogens with one attached hydrogen (secondary N) is 2. The van der Waals surface area contributed by atoms with Crippen molar-refractivity contribution in [2.75, 3.05) is 43.9 Å². The Bertz CT molecular complexity index is 1370. The fourth-order valence-corrected chi connectivity index (χ4v) is 4.15. The summed E-state index contributed by atoms with van der Waals surface area (Å²) < 4.78 is 13.6. The highest BCUT2D eigenvalue weighted by Crippen LogP contribution is 2.30. The second-order valence-corrected chi connectivity index (χ2v) is 9.59.